The molecule has 0 bridgehead atoms. The van der Waals surface area contributed by atoms with E-state index in [-0.39, 0.29) is 0 Å². The van der Waals surface area contributed by atoms with E-state index in [4.69, 9.17) is 4.74 Å². The lowest BCUT2D eigenvalue weighted by Crippen LogP contribution is -2.39. The largest absolute Gasteiger partial charge is 0.496 e. The zero-order valence-electron chi connectivity index (χ0n) is 15.7. The van der Waals surface area contributed by atoms with Crippen LogP contribution in [-0.2, 0) is 23.0 Å². The molecule has 26 heavy (non-hydrogen) atoms. The highest BCUT2D eigenvalue weighted by Crippen LogP contribution is 2.27. The van der Waals surface area contributed by atoms with Gasteiger partial charge in [-0.15, -0.1) is 0 Å². The van der Waals surface area contributed by atoms with Gasteiger partial charge >= 0.3 is 0 Å². The van der Waals surface area contributed by atoms with Crippen LogP contribution in [0.3, 0.4) is 0 Å². The Kier molecular flexibility index (Phi) is 5.67. The molecule has 0 unspecified atom stereocenters. The van der Waals surface area contributed by atoms with Crippen LogP contribution in [0.25, 0.3) is 0 Å². The highest BCUT2D eigenvalue weighted by molar-refractivity contribution is 7.89. The van der Waals surface area contributed by atoms with Crippen molar-refractivity contribution in [2.24, 2.45) is 5.92 Å². The standard InChI is InChI=1S/C19H27N3O3S/c1-4-19-20-9-12-21(19)14-16-7-10-22(11-8-16)26(23,24)17-5-6-18(25-3)15(2)13-17/h5-6,9,12-13,16H,4,7-8,10-11,14H2,1-3H3. The molecule has 0 spiro atoms. The summed E-state index contributed by atoms with van der Waals surface area (Å²) in [5.41, 5.74) is 0.829. The highest BCUT2D eigenvalue weighted by atomic mass is 32.2. The predicted molar refractivity (Wildman–Crippen MR) is 101 cm³/mol. The SMILES string of the molecule is CCc1nccn1CC1CCN(S(=O)(=O)c2ccc(OC)c(C)c2)CC1. The molecular formula is C19H27N3O3S. The molecule has 1 fully saturated rings. The van der Waals surface area contributed by atoms with Gasteiger partial charge in [0.15, 0.2) is 0 Å². The van der Waals surface area contributed by atoms with E-state index in [9.17, 15) is 8.42 Å². The topological polar surface area (TPSA) is 64.4 Å². The molecule has 0 N–H and O–H groups in total. The van der Waals surface area contributed by atoms with Crippen LogP contribution in [0.5, 0.6) is 5.75 Å². The third-order valence-corrected chi connectivity index (χ3v) is 7.05. The maximum Gasteiger partial charge on any atom is 0.243 e. The molecule has 0 radical (unpaired) electrons. The molecule has 0 aliphatic carbocycles. The lowest BCUT2D eigenvalue weighted by atomic mass is 9.98. The van der Waals surface area contributed by atoms with E-state index in [2.05, 4.69) is 16.5 Å². The second-order valence-corrected chi connectivity index (χ2v) is 8.77. The second-order valence-electron chi connectivity index (χ2n) is 6.83. The minimum atomic E-state index is -3.45. The Bertz CT molecular complexity index is 853. The van der Waals surface area contributed by atoms with E-state index >= 15 is 0 Å². The fraction of sp³-hybridized carbons (Fsp3) is 0.526. The number of nitrogens with zero attached hydrogens (tertiary/aromatic N) is 3. The molecule has 0 saturated carbocycles. The van der Waals surface area contributed by atoms with E-state index in [0.29, 0.717) is 29.7 Å². The molecule has 2 aromatic rings. The number of aromatic nitrogens is 2. The number of rotatable bonds is 6. The van der Waals surface area contributed by atoms with Crippen LogP contribution in [0.4, 0.5) is 0 Å². The van der Waals surface area contributed by atoms with Crippen molar-refractivity contribution in [1.82, 2.24) is 13.9 Å². The molecule has 0 amide bonds. The summed E-state index contributed by atoms with van der Waals surface area (Å²) in [7, 11) is -1.86. The number of imidazole rings is 1. The maximum absolute atomic E-state index is 12.9. The van der Waals surface area contributed by atoms with Crippen molar-refractivity contribution in [3.8, 4) is 5.75 Å². The third-order valence-electron chi connectivity index (χ3n) is 5.15. The van der Waals surface area contributed by atoms with Gasteiger partial charge in [-0.1, -0.05) is 6.92 Å². The molecule has 3 rings (SSSR count). The number of piperidine rings is 1. The van der Waals surface area contributed by atoms with Gasteiger partial charge in [0.1, 0.15) is 11.6 Å². The lowest BCUT2D eigenvalue weighted by Gasteiger charge is -2.31. The number of methoxy groups -OCH3 is 1. The van der Waals surface area contributed by atoms with Gasteiger partial charge in [0.25, 0.3) is 0 Å². The summed E-state index contributed by atoms with van der Waals surface area (Å²) >= 11 is 0. The smallest absolute Gasteiger partial charge is 0.243 e. The molecule has 1 aromatic heterocycles. The van der Waals surface area contributed by atoms with E-state index in [1.165, 1.54) is 0 Å². The van der Waals surface area contributed by atoms with Crippen LogP contribution in [-0.4, -0.2) is 42.5 Å². The number of ether oxygens (including phenoxy) is 1. The normalized spacial score (nSPS) is 16.7. The second kappa shape index (κ2) is 7.80. The minimum absolute atomic E-state index is 0.345. The molecule has 2 heterocycles. The lowest BCUT2D eigenvalue weighted by molar-refractivity contribution is 0.251. The number of aryl methyl sites for hydroxylation is 2. The average molecular weight is 378 g/mol. The fourth-order valence-electron chi connectivity index (χ4n) is 3.59. The van der Waals surface area contributed by atoms with Gasteiger partial charge in [-0.25, -0.2) is 13.4 Å². The third kappa shape index (κ3) is 3.78. The van der Waals surface area contributed by atoms with Crippen molar-refractivity contribution in [3.05, 3.63) is 42.0 Å². The van der Waals surface area contributed by atoms with Gasteiger partial charge in [-0.3, -0.25) is 0 Å². The monoisotopic (exact) mass is 377 g/mol. The van der Waals surface area contributed by atoms with E-state index in [1.807, 2.05) is 19.3 Å². The summed E-state index contributed by atoms with van der Waals surface area (Å²) < 4.78 is 34.9. The van der Waals surface area contributed by atoms with Crippen molar-refractivity contribution in [3.63, 3.8) is 0 Å². The molecular weight excluding hydrogens is 350 g/mol. The van der Waals surface area contributed by atoms with Crippen molar-refractivity contribution < 1.29 is 13.2 Å². The van der Waals surface area contributed by atoms with Gasteiger partial charge in [0.05, 0.1) is 12.0 Å². The Balaban J connectivity index is 1.66. The van der Waals surface area contributed by atoms with Crippen LogP contribution in [0.15, 0.2) is 35.5 Å². The maximum atomic E-state index is 12.9. The van der Waals surface area contributed by atoms with E-state index in [0.717, 1.165) is 37.2 Å². The zero-order valence-corrected chi connectivity index (χ0v) is 16.5. The first-order valence-corrected chi connectivity index (χ1v) is 10.5. The Labute approximate surface area is 155 Å². The fourth-order valence-corrected chi connectivity index (χ4v) is 5.15. The van der Waals surface area contributed by atoms with Crippen LogP contribution in [0, 0.1) is 12.8 Å². The molecule has 7 heteroatoms. The Morgan fingerprint density at radius 1 is 1.27 bits per heavy atom. The first-order valence-electron chi connectivity index (χ1n) is 9.10. The van der Waals surface area contributed by atoms with E-state index < -0.39 is 10.0 Å². The molecule has 1 saturated heterocycles. The van der Waals surface area contributed by atoms with E-state index in [1.54, 1.807) is 29.6 Å². The number of benzene rings is 1. The predicted octanol–water partition coefficient (Wildman–Crippen LogP) is 2.86. The Morgan fingerprint density at radius 3 is 2.62 bits per heavy atom. The van der Waals surface area contributed by atoms with Crippen molar-refractivity contribution in [1.29, 1.82) is 0 Å². The average Bonchev–Trinajstić information content (AvgIpc) is 3.09. The molecule has 6 nitrogen and oxygen atoms in total. The minimum Gasteiger partial charge on any atom is -0.496 e. The van der Waals surface area contributed by atoms with Crippen molar-refractivity contribution in [2.45, 2.75) is 44.6 Å². The number of hydrogen-bond acceptors (Lipinski definition) is 4. The van der Waals surface area contributed by atoms with Gasteiger partial charge in [-0.2, -0.15) is 4.31 Å². The summed E-state index contributed by atoms with van der Waals surface area (Å²) in [5, 5.41) is 0. The molecule has 0 atom stereocenters. The van der Waals surface area contributed by atoms with Crippen molar-refractivity contribution in [2.75, 3.05) is 20.2 Å². The molecule has 1 aliphatic heterocycles. The Hall–Kier alpha value is -1.86. The molecule has 1 aromatic carbocycles. The summed E-state index contributed by atoms with van der Waals surface area (Å²) in [6.45, 7) is 6.01. The van der Waals surface area contributed by atoms with Crippen LogP contribution < -0.4 is 4.74 Å². The van der Waals surface area contributed by atoms with Gasteiger partial charge in [-0.05, 0) is 49.4 Å². The van der Waals surface area contributed by atoms with Crippen LogP contribution in [0.2, 0.25) is 0 Å². The summed E-state index contributed by atoms with van der Waals surface area (Å²) in [6, 6.07) is 5.05. The first-order chi connectivity index (χ1) is 12.5. The quantitative estimate of drug-likeness (QED) is 0.776. The van der Waals surface area contributed by atoms with Gasteiger partial charge in [0.2, 0.25) is 10.0 Å². The molecule has 1 aliphatic rings. The highest BCUT2D eigenvalue weighted by Gasteiger charge is 2.30. The summed E-state index contributed by atoms with van der Waals surface area (Å²) in [6.07, 6.45) is 6.51. The Morgan fingerprint density at radius 2 is 2.00 bits per heavy atom. The van der Waals surface area contributed by atoms with Crippen LogP contribution in [0.1, 0.15) is 31.2 Å². The van der Waals surface area contributed by atoms with Gasteiger partial charge in [0, 0.05) is 38.4 Å². The number of hydrogen-bond donors (Lipinski definition) is 0. The van der Waals surface area contributed by atoms with Crippen LogP contribution >= 0.6 is 0 Å². The number of sulfonamides is 1. The summed E-state index contributed by atoms with van der Waals surface area (Å²) in [4.78, 5) is 4.71. The zero-order chi connectivity index (χ0) is 18.7. The molecule has 142 valence electrons. The van der Waals surface area contributed by atoms with Crippen molar-refractivity contribution >= 4 is 10.0 Å². The first kappa shape index (κ1) is 18.9. The summed E-state index contributed by atoms with van der Waals surface area (Å²) in [5.74, 6) is 2.28. The van der Waals surface area contributed by atoms with Gasteiger partial charge < -0.3 is 9.30 Å².